The fourth-order valence-electron chi connectivity index (χ4n) is 1.57. The Labute approximate surface area is 131 Å². The Kier molecular flexibility index (Phi) is 7.03. The van der Waals surface area contributed by atoms with Crippen LogP contribution in [0.5, 0.6) is 0 Å². The van der Waals surface area contributed by atoms with Crippen LogP contribution in [0, 0.1) is 10.1 Å². The Bertz CT molecular complexity index is 534. The van der Waals surface area contributed by atoms with Gasteiger partial charge in [-0.15, -0.1) is 11.3 Å². The topological polar surface area (TPSA) is 101 Å². The fraction of sp³-hybridized carbons (Fsp3) is 0.545. The summed E-state index contributed by atoms with van der Waals surface area (Å²) >= 11 is 6.97. The molecular weight excluding hydrogens is 318 g/mol. The van der Waals surface area contributed by atoms with Crippen LogP contribution in [0.3, 0.4) is 0 Å². The molecule has 1 rings (SSSR count). The second-order valence-electron chi connectivity index (χ2n) is 4.07. The average Bonchev–Trinajstić information content (AvgIpc) is 2.85. The Morgan fingerprint density at radius 2 is 2.38 bits per heavy atom. The molecule has 0 aliphatic carbocycles. The normalized spacial score (nSPS) is 11.3. The largest absolute Gasteiger partial charge is 0.354 e. The fourth-order valence-corrected chi connectivity index (χ4v) is 2.54. The van der Waals surface area contributed by atoms with Gasteiger partial charge in [-0.1, -0.05) is 24.9 Å². The van der Waals surface area contributed by atoms with Crippen molar-refractivity contribution < 1.29 is 9.83 Å². The third-order valence-electron chi connectivity index (χ3n) is 2.54. The molecular formula is C11H16ClN5O3S. The molecule has 0 bridgehead atoms. The van der Waals surface area contributed by atoms with Gasteiger partial charge in [0.2, 0.25) is 5.91 Å². The average molecular weight is 334 g/mol. The molecule has 8 nitrogen and oxygen atoms in total. The molecule has 21 heavy (non-hydrogen) atoms. The van der Waals surface area contributed by atoms with Crippen molar-refractivity contribution in [2.45, 2.75) is 32.7 Å². The maximum Gasteiger partial charge on any atom is 0.278 e. The second-order valence-corrected chi connectivity index (χ2v) is 5.77. The number of nitrogens with one attached hydrogen (secondary N) is 1. The molecule has 1 aromatic rings. The van der Waals surface area contributed by atoms with Gasteiger partial charge in [-0.2, -0.15) is 0 Å². The van der Waals surface area contributed by atoms with E-state index in [-0.39, 0.29) is 18.4 Å². The lowest BCUT2D eigenvalue weighted by Gasteiger charge is -2.21. The summed E-state index contributed by atoms with van der Waals surface area (Å²) in [5.41, 5.74) is 0. The first-order valence-electron chi connectivity index (χ1n) is 6.29. The highest BCUT2D eigenvalue weighted by atomic mass is 35.5. The molecule has 1 aromatic heterocycles. The van der Waals surface area contributed by atoms with Gasteiger partial charge >= 0.3 is 0 Å². The van der Waals surface area contributed by atoms with Crippen LogP contribution in [0.25, 0.3) is 0 Å². The Morgan fingerprint density at radius 1 is 1.67 bits per heavy atom. The molecule has 116 valence electrons. The lowest BCUT2D eigenvalue weighted by molar-refractivity contribution is -0.485. The van der Waals surface area contributed by atoms with Crippen LogP contribution in [0.1, 0.15) is 31.1 Å². The molecule has 1 N–H and O–H groups in total. The van der Waals surface area contributed by atoms with Gasteiger partial charge in [0.1, 0.15) is 5.10 Å². The zero-order valence-electron chi connectivity index (χ0n) is 11.7. The number of amides is 1. The van der Waals surface area contributed by atoms with E-state index in [1.807, 2.05) is 6.92 Å². The first kappa shape index (κ1) is 17.3. The van der Waals surface area contributed by atoms with Crippen LogP contribution in [0.2, 0.25) is 4.47 Å². The summed E-state index contributed by atoms with van der Waals surface area (Å²) in [5, 5.41) is 15.5. The number of guanidine groups is 1. The van der Waals surface area contributed by atoms with Gasteiger partial charge in [0.15, 0.2) is 9.50 Å². The number of carbonyl (C=O) groups excluding carboxylic acids is 1. The van der Waals surface area contributed by atoms with Crippen molar-refractivity contribution >= 4 is 34.8 Å². The molecule has 1 heterocycles. The predicted octanol–water partition coefficient (Wildman–Crippen LogP) is 2.08. The van der Waals surface area contributed by atoms with E-state index in [0.29, 0.717) is 17.3 Å². The summed E-state index contributed by atoms with van der Waals surface area (Å²) < 4.78 is 0.350. The van der Waals surface area contributed by atoms with Crippen LogP contribution in [-0.2, 0) is 11.3 Å². The number of halogens is 1. The highest BCUT2D eigenvalue weighted by Gasteiger charge is 2.22. The number of hydrogen-bond donors (Lipinski definition) is 1. The highest BCUT2D eigenvalue weighted by molar-refractivity contribution is 7.15. The maximum atomic E-state index is 12.2. The zero-order chi connectivity index (χ0) is 15.8. The van der Waals surface area contributed by atoms with Crippen LogP contribution in [0.4, 0.5) is 0 Å². The summed E-state index contributed by atoms with van der Waals surface area (Å²) in [6.07, 6.45) is 3.38. The number of aromatic nitrogens is 1. The van der Waals surface area contributed by atoms with Crippen molar-refractivity contribution in [2.75, 3.05) is 7.05 Å². The van der Waals surface area contributed by atoms with E-state index in [2.05, 4.69) is 15.4 Å². The van der Waals surface area contributed by atoms with Gasteiger partial charge in [-0.05, 0) is 6.42 Å². The monoisotopic (exact) mass is 333 g/mol. The zero-order valence-corrected chi connectivity index (χ0v) is 13.3. The van der Waals surface area contributed by atoms with E-state index in [4.69, 9.17) is 11.6 Å². The quantitative estimate of drug-likeness (QED) is 0.372. The smallest absolute Gasteiger partial charge is 0.278 e. The van der Waals surface area contributed by atoms with Crippen molar-refractivity contribution in [3.63, 3.8) is 0 Å². The van der Waals surface area contributed by atoms with Crippen LogP contribution >= 0.6 is 22.9 Å². The highest BCUT2D eigenvalue weighted by Crippen LogP contribution is 2.20. The van der Waals surface area contributed by atoms with Crippen molar-refractivity contribution in [2.24, 2.45) is 5.10 Å². The van der Waals surface area contributed by atoms with Gasteiger partial charge in [-0.3, -0.25) is 9.69 Å². The van der Waals surface area contributed by atoms with E-state index >= 15 is 0 Å². The summed E-state index contributed by atoms with van der Waals surface area (Å²) in [6, 6.07) is 0. The minimum atomic E-state index is -0.842. The number of rotatable bonds is 6. The van der Waals surface area contributed by atoms with Crippen molar-refractivity contribution in [1.29, 1.82) is 0 Å². The number of thiazole rings is 1. The molecule has 0 aliphatic heterocycles. The van der Waals surface area contributed by atoms with E-state index in [0.717, 1.165) is 11.3 Å². The van der Waals surface area contributed by atoms with E-state index in [1.165, 1.54) is 29.5 Å². The van der Waals surface area contributed by atoms with Crippen molar-refractivity contribution in [3.8, 4) is 0 Å². The SMILES string of the molecule is CCCCC(=O)N(Cc1cnc(Cl)s1)C(=N[N+](=O)[O-])NC. The van der Waals surface area contributed by atoms with E-state index in [9.17, 15) is 14.9 Å². The molecule has 0 unspecified atom stereocenters. The lowest BCUT2D eigenvalue weighted by Crippen LogP contribution is -2.43. The van der Waals surface area contributed by atoms with Gasteiger partial charge in [0.05, 0.1) is 6.54 Å². The number of nitro groups is 1. The van der Waals surface area contributed by atoms with E-state index in [1.54, 1.807) is 0 Å². The molecule has 0 saturated heterocycles. The summed E-state index contributed by atoms with van der Waals surface area (Å²) in [4.78, 5) is 28.7. The Hall–Kier alpha value is -1.74. The number of hydrogen-bond acceptors (Lipinski definition) is 5. The van der Waals surface area contributed by atoms with Gasteiger partial charge in [0.25, 0.3) is 5.96 Å². The van der Waals surface area contributed by atoms with Crippen LogP contribution < -0.4 is 5.32 Å². The third-order valence-corrected chi connectivity index (χ3v) is 3.64. The van der Waals surface area contributed by atoms with E-state index < -0.39 is 5.03 Å². The lowest BCUT2D eigenvalue weighted by atomic mass is 10.2. The molecule has 0 atom stereocenters. The standard InChI is InChI=1S/C11H16ClN5O3S/c1-3-4-5-9(18)16(11(13-2)15-17(19)20)7-8-6-14-10(12)21-8/h6H,3-5,7H2,1-2H3,(H,13,15). The molecule has 0 radical (unpaired) electrons. The maximum absolute atomic E-state index is 12.2. The van der Waals surface area contributed by atoms with Crippen molar-refractivity contribution in [3.05, 3.63) is 25.7 Å². The number of hydrazone groups is 1. The van der Waals surface area contributed by atoms with Gasteiger partial charge in [-0.25, -0.2) is 15.1 Å². The Morgan fingerprint density at radius 3 is 2.86 bits per heavy atom. The summed E-state index contributed by atoms with van der Waals surface area (Å²) in [6.45, 7) is 2.10. The summed E-state index contributed by atoms with van der Waals surface area (Å²) in [5.74, 6) is -0.345. The molecule has 10 heteroatoms. The minimum Gasteiger partial charge on any atom is -0.354 e. The number of unbranched alkanes of at least 4 members (excludes halogenated alkanes) is 1. The Balaban J connectivity index is 2.97. The first-order chi connectivity index (χ1) is 9.97. The minimum absolute atomic E-state index is 0.106. The molecule has 0 spiro atoms. The molecule has 1 amide bonds. The second kappa shape index (κ2) is 8.53. The number of nitrogens with zero attached hydrogens (tertiary/aromatic N) is 4. The number of carbonyl (C=O) groups is 1. The molecule has 0 saturated carbocycles. The molecule has 0 aliphatic rings. The molecule has 0 fully saturated rings. The molecule has 0 aromatic carbocycles. The predicted molar refractivity (Wildman–Crippen MR) is 80.7 cm³/mol. The first-order valence-corrected chi connectivity index (χ1v) is 7.48. The van der Waals surface area contributed by atoms with Crippen LogP contribution in [-0.4, -0.2) is 33.8 Å². The van der Waals surface area contributed by atoms with Crippen LogP contribution in [0.15, 0.2) is 11.3 Å². The summed E-state index contributed by atoms with van der Waals surface area (Å²) in [7, 11) is 1.47. The van der Waals surface area contributed by atoms with Gasteiger partial charge < -0.3 is 5.32 Å². The van der Waals surface area contributed by atoms with Gasteiger partial charge in [0, 0.05) is 24.5 Å². The van der Waals surface area contributed by atoms with Crippen molar-refractivity contribution in [1.82, 2.24) is 15.2 Å². The third kappa shape index (κ3) is 5.64.